The summed E-state index contributed by atoms with van der Waals surface area (Å²) < 4.78 is 5.91. The Hall–Kier alpha value is -0.0800. The van der Waals surface area contributed by atoms with Gasteiger partial charge in [-0.3, -0.25) is 0 Å². The van der Waals surface area contributed by atoms with Gasteiger partial charge < -0.3 is 9.84 Å². The summed E-state index contributed by atoms with van der Waals surface area (Å²) in [5.74, 6) is 0.653. The van der Waals surface area contributed by atoms with Crippen LogP contribution in [0.25, 0.3) is 0 Å². The molecule has 0 atom stereocenters. The average Bonchev–Trinajstić information content (AvgIpc) is 1.96. The fourth-order valence-electron chi connectivity index (χ4n) is 1.82. The smallest absolute Gasteiger partial charge is 0.0824 e. The maximum absolute atomic E-state index is 9.70. The molecule has 0 amide bonds. The van der Waals surface area contributed by atoms with Gasteiger partial charge in [0.2, 0.25) is 0 Å². The molecular weight excluding hydrogens is 200 g/mol. The Morgan fingerprint density at radius 3 is 1.75 bits per heavy atom. The van der Waals surface area contributed by atoms with Crippen molar-refractivity contribution in [2.45, 2.75) is 73.0 Å². The second-order valence-corrected chi connectivity index (χ2v) is 7.09. The van der Waals surface area contributed by atoms with E-state index in [4.69, 9.17) is 4.74 Å². The van der Waals surface area contributed by atoms with E-state index in [1.54, 1.807) is 13.8 Å². The predicted molar refractivity (Wildman–Crippen MR) is 69.6 cm³/mol. The summed E-state index contributed by atoms with van der Waals surface area (Å²) in [6, 6.07) is 0. The molecule has 2 heteroatoms. The van der Waals surface area contributed by atoms with Gasteiger partial charge in [0.15, 0.2) is 0 Å². The van der Waals surface area contributed by atoms with Crippen molar-refractivity contribution < 1.29 is 9.84 Å². The normalized spacial score (nSPS) is 14.6. The highest BCUT2D eigenvalue weighted by Crippen LogP contribution is 2.39. The monoisotopic (exact) mass is 230 g/mol. The number of aliphatic hydroxyl groups is 1. The van der Waals surface area contributed by atoms with Gasteiger partial charge in [0.25, 0.3) is 0 Å². The van der Waals surface area contributed by atoms with Crippen LogP contribution in [0, 0.1) is 11.3 Å². The van der Waals surface area contributed by atoms with Gasteiger partial charge in [-0.15, -0.1) is 0 Å². The van der Waals surface area contributed by atoms with Crippen molar-refractivity contribution >= 4 is 0 Å². The van der Waals surface area contributed by atoms with Crippen molar-refractivity contribution in [1.82, 2.24) is 0 Å². The van der Waals surface area contributed by atoms with E-state index in [9.17, 15) is 5.11 Å². The van der Waals surface area contributed by atoms with E-state index in [0.29, 0.717) is 12.5 Å². The molecule has 0 radical (unpaired) electrons. The highest BCUT2D eigenvalue weighted by Gasteiger charge is 2.39. The summed E-state index contributed by atoms with van der Waals surface area (Å²) in [5.41, 5.74) is -0.880. The average molecular weight is 230 g/mol. The molecular formula is C14H30O2. The van der Waals surface area contributed by atoms with Crippen molar-refractivity contribution in [2.24, 2.45) is 11.3 Å². The van der Waals surface area contributed by atoms with Crippen LogP contribution in [0.1, 0.15) is 61.8 Å². The van der Waals surface area contributed by atoms with Gasteiger partial charge in [0.1, 0.15) is 0 Å². The molecule has 2 nitrogen and oxygen atoms in total. The highest BCUT2D eigenvalue weighted by molar-refractivity contribution is 4.89. The number of rotatable bonds is 6. The van der Waals surface area contributed by atoms with Crippen molar-refractivity contribution in [3.63, 3.8) is 0 Å². The van der Waals surface area contributed by atoms with Gasteiger partial charge in [0.05, 0.1) is 17.8 Å². The van der Waals surface area contributed by atoms with E-state index in [1.807, 2.05) is 0 Å². The summed E-state index contributed by atoms with van der Waals surface area (Å²) >= 11 is 0. The molecule has 0 rings (SSSR count). The minimum atomic E-state index is -0.759. The summed E-state index contributed by atoms with van der Waals surface area (Å²) in [5, 5.41) is 9.70. The summed E-state index contributed by atoms with van der Waals surface area (Å²) in [6.45, 7) is 17.1. The number of ether oxygens (including phenoxy) is 1. The fourth-order valence-corrected chi connectivity index (χ4v) is 1.82. The molecule has 1 N–H and O–H groups in total. The lowest BCUT2D eigenvalue weighted by Crippen LogP contribution is -2.45. The molecule has 0 aromatic carbocycles. The first-order valence-corrected chi connectivity index (χ1v) is 6.24. The zero-order chi connectivity index (χ0) is 13.2. The molecule has 0 spiro atoms. The zero-order valence-electron chi connectivity index (χ0n) is 12.3. The third kappa shape index (κ3) is 5.31. The van der Waals surface area contributed by atoms with Crippen molar-refractivity contribution in [3.8, 4) is 0 Å². The molecule has 0 aliphatic heterocycles. The molecule has 0 aliphatic carbocycles. The van der Waals surface area contributed by atoms with Crippen LogP contribution in [0.4, 0.5) is 0 Å². The number of hydrogen-bond acceptors (Lipinski definition) is 2. The van der Waals surface area contributed by atoms with E-state index in [1.165, 1.54) is 0 Å². The lowest BCUT2D eigenvalue weighted by Gasteiger charge is -2.43. The summed E-state index contributed by atoms with van der Waals surface area (Å²) in [7, 11) is 0. The third-order valence-corrected chi connectivity index (χ3v) is 3.33. The third-order valence-electron chi connectivity index (χ3n) is 3.33. The first-order chi connectivity index (χ1) is 6.87. The first kappa shape index (κ1) is 15.9. The standard InChI is InChI=1S/C14H30O2/c1-11(2)9-12(3,4)14(7,8)16-10-13(5,6)15/h11,15H,9-10H2,1-8H3. The molecule has 0 saturated carbocycles. The van der Waals surface area contributed by atoms with Gasteiger partial charge in [-0.2, -0.15) is 0 Å². The van der Waals surface area contributed by atoms with Gasteiger partial charge in [0, 0.05) is 0 Å². The van der Waals surface area contributed by atoms with Crippen LogP contribution in [-0.2, 0) is 4.74 Å². The van der Waals surface area contributed by atoms with Gasteiger partial charge in [-0.05, 0) is 45.4 Å². The Morgan fingerprint density at radius 2 is 1.44 bits per heavy atom. The molecule has 16 heavy (non-hydrogen) atoms. The molecule has 0 saturated heterocycles. The number of hydrogen-bond donors (Lipinski definition) is 1. The Bertz CT molecular complexity index is 209. The fraction of sp³-hybridized carbons (Fsp3) is 1.00. The van der Waals surface area contributed by atoms with Gasteiger partial charge in [-0.1, -0.05) is 27.7 Å². The molecule has 0 unspecified atom stereocenters. The van der Waals surface area contributed by atoms with Crippen LogP contribution >= 0.6 is 0 Å². The zero-order valence-corrected chi connectivity index (χ0v) is 12.3. The van der Waals surface area contributed by atoms with Gasteiger partial charge in [-0.25, -0.2) is 0 Å². The second kappa shape index (κ2) is 5.05. The van der Waals surface area contributed by atoms with E-state index in [2.05, 4.69) is 41.5 Å². The first-order valence-electron chi connectivity index (χ1n) is 6.24. The van der Waals surface area contributed by atoms with Crippen LogP contribution in [0.2, 0.25) is 0 Å². The molecule has 0 aliphatic rings. The van der Waals surface area contributed by atoms with E-state index >= 15 is 0 Å². The van der Waals surface area contributed by atoms with E-state index in [0.717, 1.165) is 6.42 Å². The molecule has 0 aromatic rings. The molecule has 0 fully saturated rings. The molecule has 0 heterocycles. The van der Waals surface area contributed by atoms with E-state index < -0.39 is 5.60 Å². The lowest BCUT2D eigenvalue weighted by atomic mass is 9.71. The Balaban J connectivity index is 4.51. The quantitative estimate of drug-likeness (QED) is 0.755. The maximum atomic E-state index is 9.70. The minimum Gasteiger partial charge on any atom is -0.388 e. The van der Waals surface area contributed by atoms with Gasteiger partial charge >= 0.3 is 0 Å². The van der Waals surface area contributed by atoms with Crippen molar-refractivity contribution in [2.75, 3.05) is 6.61 Å². The largest absolute Gasteiger partial charge is 0.388 e. The molecule has 0 aromatic heterocycles. The Labute approximate surface area is 101 Å². The second-order valence-electron chi connectivity index (χ2n) is 7.09. The lowest BCUT2D eigenvalue weighted by molar-refractivity contribution is -0.144. The topological polar surface area (TPSA) is 29.5 Å². The van der Waals surface area contributed by atoms with Crippen LogP contribution in [0.3, 0.4) is 0 Å². The van der Waals surface area contributed by atoms with Crippen LogP contribution in [0.5, 0.6) is 0 Å². The van der Waals surface area contributed by atoms with Crippen molar-refractivity contribution in [1.29, 1.82) is 0 Å². The highest BCUT2D eigenvalue weighted by atomic mass is 16.5. The summed E-state index contributed by atoms with van der Waals surface area (Å²) in [6.07, 6.45) is 1.12. The SMILES string of the molecule is CC(C)CC(C)(C)C(C)(C)OCC(C)(C)O. The van der Waals surface area contributed by atoms with Crippen LogP contribution in [-0.4, -0.2) is 22.9 Å². The minimum absolute atomic E-state index is 0.104. The Kier molecular flexibility index (Phi) is 5.03. The van der Waals surface area contributed by atoms with Crippen LogP contribution in [0.15, 0.2) is 0 Å². The maximum Gasteiger partial charge on any atom is 0.0824 e. The Morgan fingerprint density at radius 1 is 1.00 bits per heavy atom. The van der Waals surface area contributed by atoms with E-state index in [-0.39, 0.29) is 11.0 Å². The molecule has 98 valence electrons. The van der Waals surface area contributed by atoms with Crippen molar-refractivity contribution in [3.05, 3.63) is 0 Å². The summed E-state index contributed by atoms with van der Waals surface area (Å²) in [4.78, 5) is 0. The van der Waals surface area contributed by atoms with Crippen LogP contribution < -0.4 is 0 Å². The predicted octanol–water partition coefficient (Wildman–Crippen LogP) is 3.62. The molecule has 0 bridgehead atoms.